The molecule has 2 heterocycles. The molecule has 1 aliphatic heterocycles. The van der Waals surface area contributed by atoms with E-state index in [1.807, 2.05) is 31.2 Å². The third kappa shape index (κ3) is 3.97. The smallest absolute Gasteiger partial charge is 0.242 e. The molecule has 1 N–H and O–H groups in total. The van der Waals surface area contributed by atoms with E-state index in [0.717, 1.165) is 48.9 Å². The molecule has 5 nitrogen and oxygen atoms in total. The zero-order valence-corrected chi connectivity index (χ0v) is 16.1. The van der Waals surface area contributed by atoms with Gasteiger partial charge < -0.3 is 10.2 Å². The van der Waals surface area contributed by atoms with Crippen molar-refractivity contribution in [1.29, 1.82) is 0 Å². The van der Waals surface area contributed by atoms with Gasteiger partial charge in [0.15, 0.2) is 0 Å². The van der Waals surface area contributed by atoms with Crippen molar-refractivity contribution in [3.05, 3.63) is 41.6 Å². The quantitative estimate of drug-likeness (QED) is 0.817. The number of carbonyl (C=O) groups is 1. The molecule has 1 saturated heterocycles. The molecule has 1 aliphatic carbocycles. The van der Waals surface area contributed by atoms with Crippen LogP contribution >= 0.6 is 0 Å². The zero-order chi connectivity index (χ0) is 18.6. The van der Waals surface area contributed by atoms with Gasteiger partial charge in [0.2, 0.25) is 11.9 Å². The number of amides is 1. The van der Waals surface area contributed by atoms with Gasteiger partial charge in [0, 0.05) is 18.5 Å². The van der Waals surface area contributed by atoms with E-state index in [1.165, 1.54) is 31.3 Å². The Bertz CT molecular complexity index is 861. The third-order valence-electron chi connectivity index (χ3n) is 5.72. The molecule has 2 aliphatic rings. The number of hydrogen-bond acceptors (Lipinski definition) is 4. The number of para-hydroxylation sites is 1. The molecular formula is C22H28N4O. The van der Waals surface area contributed by atoms with Crippen molar-refractivity contribution in [1.82, 2.24) is 15.3 Å². The van der Waals surface area contributed by atoms with Gasteiger partial charge in [0.1, 0.15) is 6.04 Å². The molecule has 0 radical (unpaired) electrons. The van der Waals surface area contributed by atoms with Gasteiger partial charge in [0.25, 0.3) is 0 Å². The van der Waals surface area contributed by atoms with E-state index in [-0.39, 0.29) is 11.9 Å². The highest BCUT2D eigenvalue weighted by Gasteiger charge is 2.32. The van der Waals surface area contributed by atoms with E-state index in [2.05, 4.69) is 16.3 Å². The molecule has 1 fully saturated rings. The largest absolute Gasteiger partial charge is 0.354 e. The summed E-state index contributed by atoms with van der Waals surface area (Å²) in [4.78, 5) is 24.3. The molecule has 0 spiro atoms. The number of allylic oxidation sites excluding steroid dienone is 1. The van der Waals surface area contributed by atoms with Crippen LogP contribution < -0.4 is 10.2 Å². The normalized spacial score (nSPS) is 20.0. The predicted molar refractivity (Wildman–Crippen MR) is 109 cm³/mol. The maximum atomic E-state index is 12.8. The lowest BCUT2D eigenvalue weighted by Gasteiger charge is -2.24. The minimum atomic E-state index is -0.161. The van der Waals surface area contributed by atoms with Crippen molar-refractivity contribution < 1.29 is 4.79 Å². The SMILES string of the molecule is Cc1nc(N2CCC[C@@H]2C(=O)NCCC2=CCCCC2)nc2ccccc12. The number of nitrogens with one attached hydrogen (secondary N) is 1. The van der Waals surface area contributed by atoms with Crippen LogP contribution in [0, 0.1) is 6.92 Å². The Balaban J connectivity index is 1.44. The lowest BCUT2D eigenvalue weighted by Crippen LogP contribution is -2.44. The van der Waals surface area contributed by atoms with E-state index in [0.29, 0.717) is 5.95 Å². The Morgan fingerprint density at radius 2 is 2.11 bits per heavy atom. The molecule has 27 heavy (non-hydrogen) atoms. The van der Waals surface area contributed by atoms with Crippen molar-refractivity contribution in [2.45, 2.75) is 57.9 Å². The van der Waals surface area contributed by atoms with E-state index in [9.17, 15) is 4.79 Å². The Kier molecular flexibility index (Phi) is 5.37. The van der Waals surface area contributed by atoms with Gasteiger partial charge in [-0.3, -0.25) is 4.79 Å². The van der Waals surface area contributed by atoms with Crippen LogP contribution in [0.4, 0.5) is 5.95 Å². The van der Waals surface area contributed by atoms with Crippen LogP contribution in [0.1, 0.15) is 50.6 Å². The summed E-state index contributed by atoms with van der Waals surface area (Å²) in [5.74, 6) is 0.789. The first-order valence-corrected chi connectivity index (χ1v) is 10.2. The Morgan fingerprint density at radius 3 is 2.96 bits per heavy atom. The molecule has 1 aromatic carbocycles. The molecule has 2 aromatic rings. The summed E-state index contributed by atoms with van der Waals surface area (Å²) in [6.07, 6.45) is 10.2. The number of nitrogens with zero attached hydrogens (tertiary/aromatic N) is 3. The van der Waals surface area contributed by atoms with Crippen molar-refractivity contribution >= 4 is 22.8 Å². The van der Waals surface area contributed by atoms with Crippen molar-refractivity contribution in [3.8, 4) is 0 Å². The van der Waals surface area contributed by atoms with Gasteiger partial charge >= 0.3 is 0 Å². The number of hydrogen-bond donors (Lipinski definition) is 1. The van der Waals surface area contributed by atoms with Crippen molar-refractivity contribution in [2.75, 3.05) is 18.0 Å². The molecule has 4 rings (SSSR count). The van der Waals surface area contributed by atoms with Crippen LogP contribution in [0.3, 0.4) is 0 Å². The number of anilines is 1. The molecule has 142 valence electrons. The summed E-state index contributed by atoms with van der Waals surface area (Å²) >= 11 is 0. The fraction of sp³-hybridized carbons (Fsp3) is 0.500. The first-order chi connectivity index (χ1) is 13.2. The molecular weight excluding hydrogens is 336 g/mol. The van der Waals surface area contributed by atoms with Gasteiger partial charge in [0.05, 0.1) is 11.2 Å². The van der Waals surface area contributed by atoms with Gasteiger partial charge in [-0.1, -0.05) is 29.8 Å². The maximum Gasteiger partial charge on any atom is 0.242 e. The zero-order valence-electron chi connectivity index (χ0n) is 16.1. The number of fused-ring (bicyclic) bond motifs is 1. The standard InChI is InChI=1S/C22H28N4O/c1-16-18-10-5-6-11-19(18)25-22(24-16)26-15-7-12-20(26)21(27)23-14-13-17-8-3-2-4-9-17/h5-6,8,10-11,20H,2-4,7,9,12-15H2,1H3,(H,23,27)/t20-/m1/s1. The second kappa shape index (κ2) is 8.07. The summed E-state index contributed by atoms with van der Waals surface area (Å²) in [6.45, 7) is 3.57. The van der Waals surface area contributed by atoms with E-state index < -0.39 is 0 Å². The van der Waals surface area contributed by atoms with Crippen molar-refractivity contribution in [2.24, 2.45) is 0 Å². The summed E-state index contributed by atoms with van der Waals surface area (Å²) < 4.78 is 0. The van der Waals surface area contributed by atoms with Crippen molar-refractivity contribution in [3.63, 3.8) is 0 Å². The second-order valence-electron chi connectivity index (χ2n) is 7.63. The Hall–Kier alpha value is -2.43. The Labute approximate surface area is 160 Å². The number of aromatic nitrogens is 2. The van der Waals surface area contributed by atoms with E-state index in [1.54, 1.807) is 0 Å². The maximum absolute atomic E-state index is 12.8. The van der Waals surface area contributed by atoms with E-state index >= 15 is 0 Å². The number of aryl methyl sites for hydroxylation is 1. The summed E-state index contributed by atoms with van der Waals surface area (Å²) in [6, 6.07) is 7.89. The number of carbonyl (C=O) groups excluding carboxylic acids is 1. The fourth-order valence-corrected chi connectivity index (χ4v) is 4.22. The van der Waals surface area contributed by atoms with Gasteiger partial charge in [-0.15, -0.1) is 0 Å². The van der Waals surface area contributed by atoms with Crippen LogP contribution in [-0.4, -0.2) is 35.0 Å². The molecule has 1 aromatic heterocycles. The number of rotatable bonds is 5. The molecule has 0 saturated carbocycles. The van der Waals surface area contributed by atoms with E-state index in [4.69, 9.17) is 9.97 Å². The van der Waals surface area contributed by atoms with Crippen LogP contribution in [0.25, 0.3) is 10.9 Å². The van der Waals surface area contributed by atoms with Crippen LogP contribution in [0.15, 0.2) is 35.9 Å². The van der Waals surface area contributed by atoms with Gasteiger partial charge in [-0.2, -0.15) is 0 Å². The summed E-state index contributed by atoms with van der Waals surface area (Å²) in [5.41, 5.74) is 3.40. The highest BCUT2D eigenvalue weighted by atomic mass is 16.2. The lowest BCUT2D eigenvalue weighted by molar-refractivity contribution is -0.122. The number of benzene rings is 1. The lowest BCUT2D eigenvalue weighted by atomic mass is 9.97. The van der Waals surface area contributed by atoms with Crippen LogP contribution in [-0.2, 0) is 4.79 Å². The third-order valence-corrected chi connectivity index (χ3v) is 5.72. The second-order valence-corrected chi connectivity index (χ2v) is 7.63. The molecule has 1 amide bonds. The topological polar surface area (TPSA) is 58.1 Å². The molecule has 5 heteroatoms. The predicted octanol–water partition coefficient (Wildman–Crippen LogP) is 3.91. The molecule has 0 bridgehead atoms. The van der Waals surface area contributed by atoms with Crippen LogP contribution in [0.2, 0.25) is 0 Å². The minimum Gasteiger partial charge on any atom is -0.354 e. The highest BCUT2D eigenvalue weighted by Crippen LogP contribution is 2.26. The van der Waals surface area contributed by atoms with Crippen LogP contribution in [0.5, 0.6) is 0 Å². The monoisotopic (exact) mass is 364 g/mol. The van der Waals surface area contributed by atoms with Gasteiger partial charge in [-0.25, -0.2) is 9.97 Å². The average Bonchev–Trinajstić information content (AvgIpc) is 3.19. The molecule has 0 unspecified atom stereocenters. The summed E-state index contributed by atoms with van der Waals surface area (Å²) in [5, 5.41) is 4.22. The van der Waals surface area contributed by atoms with Gasteiger partial charge in [-0.05, 0) is 57.9 Å². The minimum absolute atomic E-state index is 0.110. The Morgan fingerprint density at radius 1 is 1.22 bits per heavy atom. The first kappa shape index (κ1) is 18.0. The first-order valence-electron chi connectivity index (χ1n) is 10.2. The highest BCUT2D eigenvalue weighted by molar-refractivity contribution is 5.86. The fourth-order valence-electron chi connectivity index (χ4n) is 4.22. The summed E-state index contributed by atoms with van der Waals surface area (Å²) in [7, 11) is 0. The molecule has 1 atom stereocenters. The average molecular weight is 364 g/mol.